The van der Waals surface area contributed by atoms with Gasteiger partial charge in [-0.2, -0.15) is 0 Å². The van der Waals surface area contributed by atoms with Crippen molar-refractivity contribution in [2.24, 2.45) is 0 Å². The lowest BCUT2D eigenvalue weighted by molar-refractivity contribution is 0.0944. The number of piperidine rings is 1. The Kier molecular flexibility index (Phi) is 7.19. The molecule has 0 unspecified atom stereocenters. The minimum atomic E-state index is -0.0497. The molecule has 1 N–H and O–H groups in total. The summed E-state index contributed by atoms with van der Waals surface area (Å²) in [6.07, 6.45) is 8.82. The molecule has 1 aromatic carbocycles. The molecule has 3 heterocycles. The van der Waals surface area contributed by atoms with E-state index in [-0.39, 0.29) is 5.91 Å². The second-order valence-electron chi connectivity index (χ2n) is 9.61. The first-order valence-corrected chi connectivity index (χ1v) is 12.2. The molecule has 1 fully saturated rings. The smallest absolute Gasteiger partial charge is 0.271 e. The van der Waals surface area contributed by atoms with Crippen molar-refractivity contribution in [3.05, 3.63) is 46.5 Å². The minimum absolute atomic E-state index is 0.0497. The van der Waals surface area contributed by atoms with Crippen LogP contribution in [0.1, 0.15) is 77.9 Å². The van der Waals surface area contributed by atoms with E-state index in [4.69, 9.17) is 4.74 Å². The predicted octanol–water partition coefficient (Wildman–Crippen LogP) is 4.23. The highest BCUT2D eigenvalue weighted by atomic mass is 16.5. The molecule has 0 saturated carbocycles. The van der Waals surface area contributed by atoms with Crippen molar-refractivity contribution in [2.75, 3.05) is 26.7 Å². The van der Waals surface area contributed by atoms with Crippen LogP contribution in [-0.4, -0.2) is 53.1 Å². The number of ether oxygens (including phenoxy) is 1. The second-order valence-corrected chi connectivity index (χ2v) is 9.61. The molecule has 0 bridgehead atoms. The number of nitrogens with zero attached hydrogens (tertiary/aromatic N) is 3. The molecule has 2 aliphatic rings. The molecule has 4 rings (SSSR count). The average molecular weight is 439 g/mol. The van der Waals surface area contributed by atoms with Crippen LogP contribution < -0.4 is 10.1 Å². The number of carbonyl (C=O) groups is 1. The van der Waals surface area contributed by atoms with E-state index in [2.05, 4.69) is 52.7 Å². The number of likely N-dealkylation sites (tertiary alicyclic amines) is 1. The summed E-state index contributed by atoms with van der Waals surface area (Å²) in [7, 11) is 1.73. The molecule has 2 atom stereocenters. The third kappa shape index (κ3) is 5.01. The maximum atomic E-state index is 12.7. The lowest BCUT2D eigenvalue weighted by Crippen LogP contribution is -2.39. The number of methoxy groups -OCH3 is 1. The Morgan fingerprint density at radius 1 is 1.22 bits per heavy atom. The van der Waals surface area contributed by atoms with Gasteiger partial charge in [0.05, 0.1) is 7.11 Å². The normalized spacial score (nSPS) is 21.2. The zero-order chi connectivity index (χ0) is 22.7. The molecule has 174 valence electrons. The first-order valence-electron chi connectivity index (χ1n) is 12.2. The monoisotopic (exact) mass is 438 g/mol. The van der Waals surface area contributed by atoms with Crippen LogP contribution in [0.4, 0.5) is 0 Å². The zero-order valence-electron chi connectivity index (χ0n) is 20.1. The Morgan fingerprint density at radius 3 is 2.72 bits per heavy atom. The molecule has 0 aliphatic carbocycles. The fourth-order valence-corrected chi connectivity index (χ4v) is 5.43. The summed E-state index contributed by atoms with van der Waals surface area (Å²) >= 11 is 0. The largest absolute Gasteiger partial charge is 0.496 e. The van der Waals surface area contributed by atoms with Crippen LogP contribution in [0, 0.1) is 13.8 Å². The van der Waals surface area contributed by atoms with Gasteiger partial charge >= 0.3 is 0 Å². The van der Waals surface area contributed by atoms with Crippen LogP contribution in [-0.2, 0) is 13.0 Å². The van der Waals surface area contributed by atoms with Crippen molar-refractivity contribution >= 4 is 5.91 Å². The summed E-state index contributed by atoms with van der Waals surface area (Å²) in [6, 6.07) is 5.16. The molecule has 6 nitrogen and oxygen atoms in total. The van der Waals surface area contributed by atoms with Gasteiger partial charge in [0.1, 0.15) is 17.3 Å². The molecule has 2 aliphatic heterocycles. The van der Waals surface area contributed by atoms with E-state index >= 15 is 0 Å². The lowest BCUT2D eigenvalue weighted by Gasteiger charge is -2.33. The quantitative estimate of drug-likeness (QED) is 0.657. The van der Waals surface area contributed by atoms with Crippen LogP contribution in [0.25, 0.3) is 0 Å². The van der Waals surface area contributed by atoms with Crippen molar-refractivity contribution in [1.29, 1.82) is 0 Å². The molecule has 1 saturated heterocycles. The first kappa shape index (κ1) is 22.8. The number of aryl methyl sites for hydroxylation is 3. The molecule has 1 aromatic heterocycles. The zero-order valence-corrected chi connectivity index (χ0v) is 20.1. The highest BCUT2D eigenvalue weighted by Gasteiger charge is 2.24. The van der Waals surface area contributed by atoms with E-state index < -0.39 is 0 Å². The van der Waals surface area contributed by atoms with Gasteiger partial charge in [-0.25, -0.2) is 4.98 Å². The topological polar surface area (TPSA) is 59.4 Å². The maximum Gasteiger partial charge on any atom is 0.271 e. The van der Waals surface area contributed by atoms with Crippen LogP contribution in [0.3, 0.4) is 0 Å². The number of imidazole rings is 1. The van der Waals surface area contributed by atoms with E-state index in [1.165, 1.54) is 42.5 Å². The maximum absolute atomic E-state index is 12.7. The van der Waals surface area contributed by atoms with E-state index in [0.29, 0.717) is 24.2 Å². The number of nitrogens with one attached hydrogen (secondary N) is 1. The first-order chi connectivity index (χ1) is 15.5. The van der Waals surface area contributed by atoms with Gasteiger partial charge in [-0.3, -0.25) is 4.79 Å². The second kappa shape index (κ2) is 10.1. The average Bonchev–Trinajstić information content (AvgIpc) is 3.21. The van der Waals surface area contributed by atoms with Gasteiger partial charge in [-0.1, -0.05) is 18.6 Å². The third-order valence-corrected chi connectivity index (χ3v) is 7.23. The Balaban J connectivity index is 1.32. The van der Waals surface area contributed by atoms with Crippen LogP contribution in [0.5, 0.6) is 5.75 Å². The van der Waals surface area contributed by atoms with E-state index in [0.717, 1.165) is 43.9 Å². The van der Waals surface area contributed by atoms with Gasteiger partial charge in [-0.05, 0) is 69.7 Å². The summed E-state index contributed by atoms with van der Waals surface area (Å²) in [5.74, 6) is 2.38. The number of fused-ring (bicyclic) bond motifs is 1. The lowest BCUT2D eigenvalue weighted by atomic mass is 9.89. The number of aromatic nitrogens is 2. The highest BCUT2D eigenvalue weighted by Crippen LogP contribution is 2.33. The van der Waals surface area contributed by atoms with Crippen molar-refractivity contribution in [1.82, 2.24) is 19.8 Å². The highest BCUT2D eigenvalue weighted by molar-refractivity contribution is 5.92. The molecular weight excluding hydrogens is 400 g/mol. The van der Waals surface area contributed by atoms with Crippen molar-refractivity contribution in [3.8, 4) is 5.75 Å². The number of rotatable bonds is 7. The van der Waals surface area contributed by atoms with Gasteiger partial charge in [0.25, 0.3) is 5.91 Å². The van der Waals surface area contributed by atoms with Gasteiger partial charge in [0, 0.05) is 44.2 Å². The van der Waals surface area contributed by atoms with Crippen LogP contribution in [0.2, 0.25) is 0 Å². The molecule has 2 aromatic rings. The molecule has 6 heteroatoms. The Labute approximate surface area is 192 Å². The third-order valence-electron chi connectivity index (χ3n) is 7.23. The van der Waals surface area contributed by atoms with E-state index in [1.807, 2.05) is 6.20 Å². The Morgan fingerprint density at radius 2 is 2.00 bits per heavy atom. The molecule has 0 spiro atoms. The fraction of sp³-hybridized carbons (Fsp3) is 0.615. The number of hydrogen-bond acceptors (Lipinski definition) is 4. The number of hydrogen-bond donors (Lipinski definition) is 1. The summed E-state index contributed by atoms with van der Waals surface area (Å²) in [6.45, 7) is 10.4. The fourth-order valence-electron chi connectivity index (χ4n) is 5.43. The van der Waals surface area contributed by atoms with Crippen LogP contribution >= 0.6 is 0 Å². The van der Waals surface area contributed by atoms with E-state index in [1.54, 1.807) is 7.11 Å². The molecule has 1 amide bonds. The molecular formula is C26H38N4O2. The number of amides is 1. The Bertz CT molecular complexity index is 928. The van der Waals surface area contributed by atoms with Crippen molar-refractivity contribution < 1.29 is 9.53 Å². The van der Waals surface area contributed by atoms with Gasteiger partial charge < -0.3 is 19.5 Å². The molecule has 32 heavy (non-hydrogen) atoms. The predicted molar refractivity (Wildman–Crippen MR) is 128 cm³/mol. The SMILES string of the molecule is COc1c(C)cc([C@@H]2CCc3nc(C(=O)NCCCN4CCCC[C@H]4C)cn3C2)cc1C. The summed E-state index contributed by atoms with van der Waals surface area (Å²) in [4.78, 5) is 19.9. The number of carbonyl (C=O) groups excluding carboxylic acids is 1. The summed E-state index contributed by atoms with van der Waals surface area (Å²) in [5, 5.41) is 3.08. The Hall–Kier alpha value is -2.34. The van der Waals surface area contributed by atoms with Gasteiger partial charge in [0.15, 0.2) is 0 Å². The van der Waals surface area contributed by atoms with Gasteiger partial charge in [-0.15, -0.1) is 0 Å². The summed E-state index contributed by atoms with van der Waals surface area (Å²) in [5.41, 5.74) is 4.25. The van der Waals surface area contributed by atoms with Crippen LogP contribution in [0.15, 0.2) is 18.3 Å². The van der Waals surface area contributed by atoms with Gasteiger partial charge in [0.2, 0.25) is 0 Å². The standard InChI is InChI=1S/C26H38N4O2/c1-18-14-22(15-19(2)25(18)32-4)21-9-10-24-28-23(17-30(24)16-21)26(31)27-11-7-13-29-12-6-5-8-20(29)3/h14-15,17,20-21H,5-13,16H2,1-4H3,(H,27,31)/t20-,21-/m1/s1. The van der Waals surface area contributed by atoms with Crippen molar-refractivity contribution in [3.63, 3.8) is 0 Å². The summed E-state index contributed by atoms with van der Waals surface area (Å²) < 4.78 is 7.70. The number of benzene rings is 1. The minimum Gasteiger partial charge on any atom is -0.496 e. The molecule has 0 radical (unpaired) electrons. The van der Waals surface area contributed by atoms with Crippen molar-refractivity contribution in [2.45, 2.75) is 77.8 Å². The van der Waals surface area contributed by atoms with E-state index in [9.17, 15) is 4.79 Å².